The minimum atomic E-state index is -3.21. The van der Waals surface area contributed by atoms with Crippen LogP contribution in [-0.4, -0.2) is 19.4 Å². The first-order valence-electron chi connectivity index (χ1n) is 9.23. The van der Waals surface area contributed by atoms with Gasteiger partial charge in [0.1, 0.15) is 16.5 Å². The second kappa shape index (κ2) is 4.89. The Hall–Kier alpha value is -2.43. The highest BCUT2D eigenvalue weighted by Crippen LogP contribution is 2.70. The van der Waals surface area contributed by atoms with Crippen LogP contribution in [0.5, 0.6) is 0 Å². The fraction of sp³-hybridized carbons (Fsp3) is 0.217. The zero-order valence-corrected chi connectivity index (χ0v) is 15.4. The van der Waals surface area contributed by atoms with E-state index in [2.05, 4.69) is 18.2 Å². The largest absolute Gasteiger partial charge is 0.348 e. The SMILES string of the molecule is O=S1(=O)C[C@H]2[C@H]1[C@]1(c3ccccc3)O[C@@]2(c2ccccc2)c2ccccc21. The molecule has 3 aliphatic heterocycles. The fourth-order valence-corrected chi connectivity index (χ4v) is 7.98. The maximum absolute atomic E-state index is 13.0. The van der Waals surface area contributed by atoms with E-state index < -0.39 is 26.3 Å². The van der Waals surface area contributed by atoms with Crippen molar-refractivity contribution < 1.29 is 13.2 Å². The average Bonchev–Trinajstić information content (AvgIpc) is 3.15. The molecule has 4 heteroatoms. The summed E-state index contributed by atoms with van der Waals surface area (Å²) in [6, 6.07) is 28.1. The van der Waals surface area contributed by atoms with E-state index in [4.69, 9.17) is 4.74 Å². The Morgan fingerprint density at radius 2 is 1.19 bits per heavy atom. The highest BCUT2D eigenvalue weighted by molar-refractivity contribution is 7.93. The van der Waals surface area contributed by atoms with Crippen LogP contribution in [-0.2, 0) is 25.8 Å². The predicted octanol–water partition coefficient (Wildman–Crippen LogP) is 3.63. The number of benzene rings is 3. The van der Waals surface area contributed by atoms with Gasteiger partial charge in [-0.1, -0.05) is 84.9 Å². The number of ether oxygens (including phenoxy) is 1. The number of hydrogen-bond donors (Lipinski definition) is 0. The third-order valence-corrected chi connectivity index (χ3v) is 8.80. The second-order valence-corrected chi connectivity index (χ2v) is 9.87. The second-order valence-electron chi connectivity index (χ2n) is 7.71. The molecule has 2 bridgehead atoms. The van der Waals surface area contributed by atoms with Crippen molar-refractivity contribution in [3.05, 3.63) is 107 Å². The van der Waals surface area contributed by atoms with Gasteiger partial charge < -0.3 is 4.74 Å². The lowest BCUT2D eigenvalue weighted by Gasteiger charge is -2.46. The number of sulfone groups is 1. The Balaban J connectivity index is 1.73. The highest BCUT2D eigenvalue weighted by Gasteiger charge is 2.78. The van der Waals surface area contributed by atoms with Gasteiger partial charge in [-0.25, -0.2) is 8.42 Å². The van der Waals surface area contributed by atoms with Gasteiger partial charge >= 0.3 is 0 Å². The predicted molar refractivity (Wildman–Crippen MR) is 103 cm³/mol. The van der Waals surface area contributed by atoms with E-state index in [1.807, 2.05) is 66.7 Å². The van der Waals surface area contributed by atoms with Gasteiger partial charge in [-0.2, -0.15) is 0 Å². The van der Waals surface area contributed by atoms with E-state index in [9.17, 15) is 8.42 Å². The van der Waals surface area contributed by atoms with Crippen molar-refractivity contribution in [2.75, 3.05) is 5.75 Å². The molecule has 0 aliphatic carbocycles. The molecule has 0 spiro atoms. The highest BCUT2D eigenvalue weighted by atomic mass is 32.2. The Morgan fingerprint density at radius 1 is 0.704 bits per heavy atom. The smallest absolute Gasteiger partial charge is 0.157 e. The van der Waals surface area contributed by atoms with Crippen LogP contribution in [0.25, 0.3) is 0 Å². The summed E-state index contributed by atoms with van der Waals surface area (Å²) in [6.07, 6.45) is 0. The van der Waals surface area contributed by atoms with Gasteiger partial charge in [0, 0.05) is 5.92 Å². The summed E-state index contributed by atoms with van der Waals surface area (Å²) in [7, 11) is -3.21. The topological polar surface area (TPSA) is 43.4 Å². The molecule has 4 atom stereocenters. The third kappa shape index (κ3) is 1.65. The van der Waals surface area contributed by atoms with Crippen LogP contribution >= 0.6 is 0 Å². The lowest BCUT2D eigenvalue weighted by Crippen LogP contribution is -2.59. The van der Waals surface area contributed by atoms with Crippen molar-refractivity contribution in [1.82, 2.24) is 0 Å². The summed E-state index contributed by atoms with van der Waals surface area (Å²) < 4.78 is 32.9. The lowest BCUT2D eigenvalue weighted by molar-refractivity contribution is -0.0469. The summed E-state index contributed by atoms with van der Waals surface area (Å²) in [5.74, 6) is 0.107. The Bertz CT molecular complexity index is 1160. The quantitative estimate of drug-likeness (QED) is 0.688. The summed E-state index contributed by atoms with van der Waals surface area (Å²) in [6.45, 7) is 0. The van der Waals surface area contributed by atoms with Gasteiger partial charge in [0.15, 0.2) is 9.84 Å². The molecular formula is C23H18O3S. The van der Waals surface area contributed by atoms with Gasteiger partial charge in [0.2, 0.25) is 0 Å². The molecule has 0 radical (unpaired) electrons. The van der Waals surface area contributed by atoms with E-state index in [1.54, 1.807) is 0 Å². The molecule has 0 saturated carbocycles. The molecule has 2 fully saturated rings. The summed E-state index contributed by atoms with van der Waals surface area (Å²) in [5.41, 5.74) is 2.42. The maximum atomic E-state index is 13.0. The first-order chi connectivity index (χ1) is 13.1. The van der Waals surface area contributed by atoms with Gasteiger partial charge in [-0.3, -0.25) is 0 Å². The van der Waals surface area contributed by atoms with E-state index in [0.29, 0.717) is 0 Å². The molecule has 2 saturated heterocycles. The Kier molecular flexibility index (Phi) is 2.83. The number of hydrogen-bond acceptors (Lipinski definition) is 3. The Morgan fingerprint density at radius 3 is 1.74 bits per heavy atom. The van der Waals surface area contributed by atoms with Gasteiger partial charge in [0.25, 0.3) is 0 Å². The van der Waals surface area contributed by atoms with E-state index in [1.165, 1.54) is 0 Å². The van der Waals surface area contributed by atoms with E-state index >= 15 is 0 Å². The monoisotopic (exact) mass is 374 g/mol. The molecule has 0 aromatic heterocycles. The maximum Gasteiger partial charge on any atom is 0.157 e. The van der Waals surface area contributed by atoms with Crippen LogP contribution in [0, 0.1) is 5.92 Å². The molecule has 3 nitrogen and oxygen atoms in total. The first-order valence-corrected chi connectivity index (χ1v) is 10.9. The molecule has 0 amide bonds. The van der Waals surface area contributed by atoms with Crippen LogP contribution in [0.15, 0.2) is 84.9 Å². The van der Waals surface area contributed by atoms with Crippen molar-refractivity contribution in [1.29, 1.82) is 0 Å². The van der Waals surface area contributed by atoms with Gasteiger partial charge in [0.05, 0.1) is 5.75 Å². The Labute approximate surface area is 158 Å². The van der Waals surface area contributed by atoms with Crippen LogP contribution < -0.4 is 0 Å². The van der Waals surface area contributed by atoms with Crippen LogP contribution in [0.3, 0.4) is 0 Å². The molecule has 6 rings (SSSR count). The van der Waals surface area contributed by atoms with Gasteiger partial charge in [-0.15, -0.1) is 0 Å². The average molecular weight is 374 g/mol. The zero-order valence-electron chi connectivity index (χ0n) is 14.6. The fourth-order valence-electron chi connectivity index (χ4n) is 5.60. The van der Waals surface area contributed by atoms with Crippen molar-refractivity contribution in [3.63, 3.8) is 0 Å². The molecule has 3 heterocycles. The molecule has 0 unspecified atom stereocenters. The summed E-state index contributed by atoms with van der Waals surface area (Å²) in [4.78, 5) is 0. The first kappa shape index (κ1) is 15.6. The van der Waals surface area contributed by atoms with E-state index in [0.717, 1.165) is 22.3 Å². The minimum Gasteiger partial charge on any atom is -0.348 e. The van der Waals surface area contributed by atoms with Crippen molar-refractivity contribution in [2.45, 2.75) is 16.5 Å². The summed E-state index contributed by atoms with van der Waals surface area (Å²) >= 11 is 0. The molecule has 3 aliphatic rings. The normalized spacial score (nSPS) is 34.5. The minimum absolute atomic E-state index is 0.0694. The zero-order chi connectivity index (χ0) is 18.3. The molecule has 3 aromatic rings. The molecule has 0 N–H and O–H groups in total. The lowest BCUT2D eigenvalue weighted by atomic mass is 9.66. The molecule has 3 aromatic carbocycles. The molecule has 134 valence electrons. The van der Waals surface area contributed by atoms with Crippen molar-refractivity contribution in [2.24, 2.45) is 5.92 Å². The standard InChI is InChI=1S/C23H18O3S/c24-27(25)15-20-21(27)23(17-11-5-2-6-12-17)19-14-8-7-13-18(19)22(20,26-23)16-9-3-1-4-10-16/h1-14,20-21H,15H2/t20-,21-,22-,23+/m0/s1. The third-order valence-electron chi connectivity index (χ3n) is 6.54. The number of fused-ring (bicyclic) bond motifs is 8. The van der Waals surface area contributed by atoms with Gasteiger partial charge in [-0.05, 0) is 22.3 Å². The van der Waals surface area contributed by atoms with Crippen molar-refractivity contribution >= 4 is 9.84 Å². The number of rotatable bonds is 2. The summed E-state index contributed by atoms with van der Waals surface area (Å²) in [5, 5.41) is -0.539. The van der Waals surface area contributed by atoms with Crippen LogP contribution in [0.2, 0.25) is 0 Å². The van der Waals surface area contributed by atoms with Crippen LogP contribution in [0.4, 0.5) is 0 Å². The molecule has 27 heavy (non-hydrogen) atoms. The molecular weight excluding hydrogens is 356 g/mol. The van der Waals surface area contributed by atoms with Crippen molar-refractivity contribution in [3.8, 4) is 0 Å². The van der Waals surface area contributed by atoms with Crippen LogP contribution in [0.1, 0.15) is 22.3 Å². The van der Waals surface area contributed by atoms with E-state index in [-0.39, 0.29) is 11.7 Å².